The fraction of sp³-hybridized carbons (Fsp3) is 0.182. The zero-order valence-corrected chi connectivity index (χ0v) is 7.63. The largest absolute Gasteiger partial charge is 0.496 e. The van der Waals surface area contributed by atoms with Crippen molar-refractivity contribution in [2.24, 2.45) is 0 Å². The Hall–Kier alpha value is -1.57. The Morgan fingerprint density at radius 3 is 2.77 bits per heavy atom. The summed E-state index contributed by atoms with van der Waals surface area (Å²) in [4.78, 5) is 11.5. The summed E-state index contributed by atoms with van der Waals surface area (Å²) in [6.07, 6.45) is 1.87. The number of rotatable bonds is 1. The number of ether oxygens (including phenoxy) is 1. The van der Waals surface area contributed by atoms with Crippen LogP contribution < -0.4 is 4.74 Å². The predicted molar refractivity (Wildman–Crippen MR) is 51.0 cm³/mol. The van der Waals surface area contributed by atoms with Crippen LogP contribution in [-0.2, 0) is 0 Å². The van der Waals surface area contributed by atoms with E-state index in [4.69, 9.17) is 4.74 Å². The minimum Gasteiger partial charge on any atom is -0.496 e. The van der Waals surface area contributed by atoms with Crippen molar-refractivity contribution in [3.63, 3.8) is 0 Å². The highest BCUT2D eigenvalue weighted by Gasteiger charge is 2.21. The van der Waals surface area contributed by atoms with Crippen LogP contribution in [0.1, 0.15) is 22.8 Å². The number of Topliss-reactive ketones (excluding diaryl/α,β-unsaturated/α-hetero) is 1. The summed E-state index contributed by atoms with van der Waals surface area (Å²) in [7, 11) is 1.61. The zero-order chi connectivity index (χ0) is 9.42. The molecule has 0 radical (unpaired) electrons. The summed E-state index contributed by atoms with van der Waals surface area (Å²) < 4.78 is 5.16. The van der Waals surface area contributed by atoms with Crippen LogP contribution >= 0.6 is 0 Å². The molecule has 0 saturated carbocycles. The van der Waals surface area contributed by atoms with Gasteiger partial charge in [-0.25, -0.2) is 0 Å². The minimum absolute atomic E-state index is 0.105. The van der Waals surface area contributed by atoms with Gasteiger partial charge in [0, 0.05) is 11.1 Å². The normalized spacial score (nSPS) is 14.0. The first-order chi connectivity index (χ1) is 6.24. The van der Waals surface area contributed by atoms with E-state index >= 15 is 0 Å². The van der Waals surface area contributed by atoms with E-state index in [9.17, 15) is 4.79 Å². The van der Waals surface area contributed by atoms with E-state index in [1.165, 1.54) is 0 Å². The van der Waals surface area contributed by atoms with E-state index in [0.29, 0.717) is 0 Å². The lowest BCUT2D eigenvalue weighted by atomic mass is 10.1. The van der Waals surface area contributed by atoms with Gasteiger partial charge in [0.1, 0.15) is 5.75 Å². The summed E-state index contributed by atoms with van der Waals surface area (Å²) in [6, 6.07) is 5.52. The van der Waals surface area contributed by atoms with Gasteiger partial charge in [-0.15, -0.1) is 0 Å². The monoisotopic (exact) mass is 174 g/mol. The second-order valence-electron chi connectivity index (χ2n) is 3.08. The lowest BCUT2D eigenvalue weighted by molar-refractivity contribution is 0.103. The van der Waals surface area contributed by atoms with Gasteiger partial charge in [-0.3, -0.25) is 4.79 Å². The van der Waals surface area contributed by atoms with Gasteiger partial charge in [0.2, 0.25) is 0 Å². The average Bonchev–Trinajstić information content (AvgIpc) is 2.43. The van der Waals surface area contributed by atoms with Crippen LogP contribution in [0.3, 0.4) is 0 Å². The van der Waals surface area contributed by atoms with Crippen LogP contribution in [0.25, 0.3) is 6.08 Å². The number of hydrogen-bond acceptors (Lipinski definition) is 2. The molecule has 1 aliphatic carbocycles. The second-order valence-corrected chi connectivity index (χ2v) is 3.08. The maximum absolute atomic E-state index is 11.5. The van der Waals surface area contributed by atoms with Gasteiger partial charge in [0.05, 0.1) is 7.11 Å². The molecule has 2 heteroatoms. The zero-order valence-electron chi connectivity index (χ0n) is 7.63. The summed E-state index contributed by atoms with van der Waals surface area (Å²) >= 11 is 0. The van der Waals surface area contributed by atoms with Gasteiger partial charge >= 0.3 is 0 Å². The molecule has 0 fully saturated rings. The second kappa shape index (κ2) is 2.73. The van der Waals surface area contributed by atoms with Crippen molar-refractivity contribution in [1.82, 2.24) is 0 Å². The van der Waals surface area contributed by atoms with Gasteiger partial charge in [-0.05, 0) is 24.6 Å². The molecule has 0 bridgehead atoms. The van der Waals surface area contributed by atoms with E-state index in [-0.39, 0.29) is 5.78 Å². The van der Waals surface area contributed by atoms with Crippen LogP contribution in [-0.4, -0.2) is 12.9 Å². The van der Waals surface area contributed by atoms with Crippen LogP contribution in [0.15, 0.2) is 23.8 Å². The van der Waals surface area contributed by atoms with Crippen molar-refractivity contribution >= 4 is 11.9 Å². The third-order valence-corrected chi connectivity index (χ3v) is 2.25. The Kier molecular flexibility index (Phi) is 1.69. The Balaban J connectivity index is 2.66. The lowest BCUT2D eigenvalue weighted by Crippen LogP contribution is -1.96. The minimum atomic E-state index is 0.105. The number of carbonyl (C=O) groups is 1. The third kappa shape index (κ3) is 1.06. The van der Waals surface area contributed by atoms with Gasteiger partial charge in [-0.1, -0.05) is 12.1 Å². The highest BCUT2D eigenvalue weighted by Crippen LogP contribution is 2.31. The van der Waals surface area contributed by atoms with Gasteiger partial charge < -0.3 is 4.74 Å². The van der Waals surface area contributed by atoms with Gasteiger partial charge in [0.15, 0.2) is 5.78 Å². The van der Waals surface area contributed by atoms with E-state index < -0.39 is 0 Å². The van der Waals surface area contributed by atoms with Crippen LogP contribution in [0.5, 0.6) is 5.75 Å². The standard InChI is InChI=1S/C11H10O2/c1-7-6-9-8(11(7)12)4-3-5-10(9)13-2/h3-6H,1-2H3. The highest BCUT2D eigenvalue weighted by atomic mass is 16.5. The molecule has 0 atom stereocenters. The molecule has 1 aliphatic rings. The Bertz CT molecular complexity index is 403. The third-order valence-electron chi connectivity index (χ3n) is 2.25. The number of ketones is 1. The van der Waals surface area contributed by atoms with E-state index in [2.05, 4.69) is 0 Å². The molecule has 2 rings (SSSR count). The number of methoxy groups -OCH3 is 1. The first-order valence-corrected chi connectivity index (χ1v) is 4.14. The summed E-state index contributed by atoms with van der Waals surface area (Å²) in [5.41, 5.74) is 2.43. The number of benzene rings is 1. The van der Waals surface area contributed by atoms with Crippen molar-refractivity contribution in [2.75, 3.05) is 7.11 Å². The molecule has 2 nitrogen and oxygen atoms in total. The number of carbonyl (C=O) groups excluding carboxylic acids is 1. The first kappa shape index (κ1) is 8.05. The highest BCUT2D eigenvalue weighted by molar-refractivity contribution is 6.18. The van der Waals surface area contributed by atoms with Crippen LogP contribution in [0, 0.1) is 0 Å². The molecule has 0 N–H and O–H groups in total. The fourth-order valence-electron chi connectivity index (χ4n) is 1.56. The molecule has 0 aromatic heterocycles. The fourth-order valence-corrected chi connectivity index (χ4v) is 1.56. The van der Waals surface area contributed by atoms with Crippen molar-refractivity contribution in [1.29, 1.82) is 0 Å². The van der Waals surface area contributed by atoms with Gasteiger partial charge in [0.25, 0.3) is 0 Å². The van der Waals surface area contributed by atoms with Crippen LogP contribution in [0.4, 0.5) is 0 Å². The van der Waals surface area contributed by atoms with Crippen molar-refractivity contribution in [3.8, 4) is 5.75 Å². The Morgan fingerprint density at radius 2 is 2.08 bits per heavy atom. The molecule has 1 aromatic carbocycles. The van der Waals surface area contributed by atoms with E-state index in [1.54, 1.807) is 7.11 Å². The average molecular weight is 174 g/mol. The molecule has 0 spiro atoms. The number of allylic oxidation sites excluding steroid dienone is 1. The van der Waals surface area contributed by atoms with Crippen LogP contribution in [0.2, 0.25) is 0 Å². The topological polar surface area (TPSA) is 26.3 Å². The number of hydrogen-bond donors (Lipinski definition) is 0. The summed E-state index contributed by atoms with van der Waals surface area (Å²) in [6.45, 7) is 1.82. The molecule has 66 valence electrons. The summed E-state index contributed by atoms with van der Waals surface area (Å²) in [5.74, 6) is 0.872. The lowest BCUT2D eigenvalue weighted by Gasteiger charge is -2.03. The Labute approximate surface area is 76.8 Å². The Morgan fingerprint density at radius 1 is 1.31 bits per heavy atom. The van der Waals surface area contributed by atoms with Crippen molar-refractivity contribution in [3.05, 3.63) is 34.9 Å². The molecule has 1 aromatic rings. The molecule has 13 heavy (non-hydrogen) atoms. The smallest absolute Gasteiger partial charge is 0.189 e. The predicted octanol–water partition coefficient (Wildman–Crippen LogP) is 2.29. The first-order valence-electron chi connectivity index (χ1n) is 4.14. The van der Waals surface area contributed by atoms with E-state index in [1.807, 2.05) is 31.2 Å². The molecule has 0 heterocycles. The van der Waals surface area contributed by atoms with Crippen molar-refractivity contribution < 1.29 is 9.53 Å². The molecular formula is C11H10O2. The quantitative estimate of drug-likeness (QED) is 0.653. The number of fused-ring (bicyclic) bond motifs is 1. The summed E-state index contributed by atoms with van der Waals surface area (Å²) in [5, 5.41) is 0. The molecular weight excluding hydrogens is 164 g/mol. The van der Waals surface area contributed by atoms with Gasteiger partial charge in [-0.2, -0.15) is 0 Å². The molecule has 0 aliphatic heterocycles. The SMILES string of the molecule is COc1cccc2c1C=C(C)C2=O. The maximum atomic E-state index is 11.5. The van der Waals surface area contributed by atoms with Crippen molar-refractivity contribution in [2.45, 2.75) is 6.92 Å². The molecule has 0 unspecified atom stereocenters. The van der Waals surface area contributed by atoms with E-state index in [0.717, 1.165) is 22.4 Å². The maximum Gasteiger partial charge on any atom is 0.189 e. The molecule has 0 saturated heterocycles. The molecule has 0 amide bonds.